The van der Waals surface area contributed by atoms with E-state index in [0.717, 1.165) is 0 Å². The predicted octanol–water partition coefficient (Wildman–Crippen LogP) is -0.696. The lowest BCUT2D eigenvalue weighted by Gasteiger charge is -2.17. The van der Waals surface area contributed by atoms with Gasteiger partial charge in [0.1, 0.15) is 0 Å². The summed E-state index contributed by atoms with van der Waals surface area (Å²) in [7, 11) is 0. The summed E-state index contributed by atoms with van der Waals surface area (Å²) in [5, 5.41) is 3.09. The molecule has 0 bridgehead atoms. The number of H-pyrrole nitrogens is 2. The van der Waals surface area contributed by atoms with Crippen LogP contribution in [0.4, 0.5) is 0 Å². The van der Waals surface area contributed by atoms with Crippen LogP contribution >= 0.6 is 0 Å². The first-order valence-electron chi connectivity index (χ1n) is 5.80. The molecule has 18 heavy (non-hydrogen) atoms. The van der Waals surface area contributed by atoms with Gasteiger partial charge in [-0.05, 0) is 13.8 Å². The number of nitrogens with one attached hydrogen (secondary N) is 3. The Labute approximate surface area is 104 Å². The van der Waals surface area contributed by atoms with Gasteiger partial charge in [-0.1, -0.05) is 0 Å². The molecule has 0 aliphatic carbocycles. The lowest BCUT2D eigenvalue weighted by Crippen LogP contribution is -2.33. The van der Waals surface area contributed by atoms with Crippen molar-refractivity contribution in [3.05, 3.63) is 32.6 Å². The van der Waals surface area contributed by atoms with Gasteiger partial charge < -0.3 is 19.8 Å². The van der Waals surface area contributed by atoms with Crippen molar-refractivity contribution in [1.82, 2.24) is 15.3 Å². The van der Waals surface area contributed by atoms with Crippen molar-refractivity contribution in [1.29, 1.82) is 0 Å². The largest absolute Gasteiger partial charge is 0.348 e. The Morgan fingerprint density at radius 2 is 2.28 bits per heavy atom. The van der Waals surface area contributed by atoms with Crippen LogP contribution in [-0.4, -0.2) is 35.0 Å². The standard InChI is InChI=1S/C11H17N3O4/c1-11(2)17-6-8(18-11)5-12-3-7-4-13-10(16)14-9(7)15/h4,8,12H,3,5-6H2,1-2H3,(H2,13,14,15,16). The number of aromatic amines is 2. The molecule has 1 atom stereocenters. The number of hydrogen-bond donors (Lipinski definition) is 3. The Morgan fingerprint density at radius 1 is 1.50 bits per heavy atom. The van der Waals surface area contributed by atoms with E-state index in [1.54, 1.807) is 0 Å². The minimum absolute atomic E-state index is 0.0261. The van der Waals surface area contributed by atoms with Crippen LogP contribution in [0.25, 0.3) is 0 Å². The van der Waals surface area contributed by atoms with Crippen molar-refractivity contribution in [3.8, 4) is 0 Å². The molecule has 3 N–H and O–H groups in total. The number of hydrogen-bond acceptors (Lipinski definition) is 5. The summed E-state index contributed by atoms with van der Waals surface area (Å²) in [6.45, 7) is 5.20. The molecular weight excluding hydrogens is 238 g/mol. The molecule has 2 heterocycles. The van der Waals surface area contributed by atoms with E-state index < -0.39 is 11.5 Å². The Morgan fingerprint density at radius 3 is 2.89 bits per heavy atom. The molecule has 1 aliphatic rings. The third-order valence-electron chi connectivity index (χ3n) is 2.65. The summed E-state index contributed by atoms with van der Waals surface area (Å²) in [5.41, 5.74) is -0.402. The number of ether oxygens (including phenoxy) is 2. The molecule has 1 aromatic rings. The van der Waals surface area contributed by atoms with E-state index in [0.29, 0.717) is 25.3 Å². The predicted molar refractivity (Wildman–Crippen MR) is 64.3 cm³/mol. The van der Waals surface area contributed by atoms with Crippen molar-refractivity contribution in [2.45, 2.75) is 32.3 Å². The first-order chi connectivity index (χ1) is 8.46. The second kappa shape index (κ2) is 5.05. The molecule has 7 heteroatoms. The van der Waals surface area contributed by atoms with Crippen molar-refractivity contribution >= 4 is 0 Å². The van der Waals surface area contributed by atoms with Crippen molar-refractivity contribution in [2.24, 2.45) is 0 Å². The Balaban J connectivity index is 1.82. The van der Waals surface area contributed by atoms with Crippen LogP contribution in [-0.2, 0) is 16.0 Å². The van der Waals surface area contributed by atoms with E-state index in [4.69, 9.17) is 9.47 Å². The maximum Gasteiger partial charge on any atom is 0.325 e. The molecule has 0 radical (unpaired) electrons. The summed E-state index contributed by atoms with van der Waals surface area (Å²) in [5.74, 6) is -0.540. The van der Waals surface area contributed by atoms with Crippen LogP contribution < -0.4 is 16.6 Å². The van der Waals surface area contributed by atoms with Gasteiger partial charge in [-0.15, -0.1) is 0 Å². The second-order valence-corrected chi connectivity index (χ2v) is 4.68. The average molecular weight is 255 g/mol. The normalized spacial score (nSPS) is 22.2. The van der Waals surface area contributed by atoms with E-state index in [-0.39, 0.29) is 11.7 Å². The molecule has 1 aliphatic heterocycles. The van der Waals surface area contributed by atoms with Crippen LogP contribution in [0.2, 0.25) is 0 Å². The first-order valence-corrected chi connectivity index (χ1v) is 5.80. The van der Waals surface area contributed by atoms with Crippen molar-refractivity contribution < 1.29 is 9.47 Å². The van der Waals surface area contributed by atoms with Crippen LogP contribution in [0.3, 0.4) is 0 Å². The average Bonchev–Trinajstić information content (AvgIpc) is 2.61. The molecular formula is C11H17N3O4. The SMILES string of the molecule is CC1(C)OCC(CNCc2c[nH]c(=O)[nH]c2=O)O1. The Hall–Kier alpha value is -1.44. The monoisotopic (exact) mass is 255 g/mol. The van der Waals surface area contributed by atoms with Crippen LogP contribution in [0.5, 0.6) is 0 Å². The maximum atomic E-state index is 11.4. The third-order valence-corrected chi connectivity index (χ3v) is 2.65. The van der Waals surface area contributed by atoms with Crippen LogP contribution in [0, 0.1) is 0 Å². The van der Waals surface area contributed by atoms with Gasteiger partial charge in [0, 0.05) is 24.8 Å². The highest BCUT2D eigenvalue weighted by molar-refractivity contribution is 5.02. The number of rotatable bonds is 4. The summed E-state index contributed by atoms with van der Waals surface area (Å²) in [6, 6.07) is 0. The Kier molecular flexibility index (Phi) is 3.65. The van der Waals surface area contributed by atoms with Gasteiger partial charge in [0.05, 0.1) is 12.7 Å². The van der Waals surface area contributed by atoms with Gasteiger partial charge in [-0.25, -0.2) is 4.79 Å². The highest BCUT2D eigenvalue weighted by Gasteiger charge is 2.32. The van der Waals surface area contributed by atoms with E-state index in [2.05, 4.69) is 15.3 Å². The molecule has 1 unspecified atom stereocenters. The minimum atomic E-state index is -0.540. The fourth-order valence-electron chi connectivity index (χ4n) is 1.80. The zero-order valence-electron chi connectivity index (χ0n) is 10.4. The zero-order valence-corrected chi connectivity index (χ0v) is 10.4. The van der Waals surface area contributed by atoms with Gasteiger partial charge >= 0.3 is 5.69 Å². The molecule has 1 aromatic heterocycles. The van der Waals surface area contributed by atoms with Gasteiger partial charge in [0.2, 0.25) is 0 Å². The first kappa shape index (κ1) is 13.0. The molecule has 1 saturated heterocycles. The molecule has 0 saturated carbocycles. The minimum Gasteiger partial charge on any atom is -0.348 e. The molecule has 0 aromatic carbocycles. The van der Waals surface area contributed by atoms with Gasteiger partial charge in [-0.2, -0.15) is 0 Å². The maximum absolute atomic E-state index is 11.4. The van der Waals surface area contributed by atoms with E-state index in [9.17, 15) is 9.59 Å². The van der Waals surface area contributed by atoms with Crippen molar-refractivity contribution in [2.75, 3.05) is 13.2 Å². The summed E-state index contributed by atoms with van der Waals surface area (Å²) >= 11 is 0. The highest BCUT2D eigenvalue weighted by atomic mass is 16.7. The lowest BCUT2D eigenvalue weighted by molar-refractivity contribution is -0.137. The lowest BCUT2D eigenvalue weighted by atomic mass is 10.3. The van der Waals surface area contributed by atoms with Gasteiger partial charge in [-0.3, -0.25) is 9.78 Å². The van der Waals surface area contributed by atoms with Crippen LogP contribution in [0.1, 0.15) is 19.4 Å². The molecule has 2 rings (SSSR count). The van der Waals surface area contributed by atoms with Gasteiger partial charge in [0.25, 0.3) is 5.56 Å². The second-order valence-electron chi connectivity index (χ2n) is 4.68. The van der Waals surface area contributed by atoms with Crippen molar-refractivity contribution in [3.63, 3.8) is 0 Å². The third kappa shape index (κ3) is 3.28. The highest BCUT2D eigenvalue weighted by Crippen LogP contribution is 2.21. The molecule has 7 nitrogen and oxygen atoms in total. The summed E-state index contributed by atoms with van der Waals surface area (Å²) < 4.78 is 11.0. The zero-order chi connectivity index (χ0) is 13.2. The molecule has 1 fully saturated rings. The quantitative estimate of drug-likeness (QED) is 0.661. The van der Waals surface area contributed by atoms with E-state index in [1.807, 2.05) is 13.8 Å². The Bertz CT molecular complexity index is 520. The fraction of sp³-hybridized carbons (Fsp3) is 0.636. The number of aromatic nitrogens is 2. The summed E-state index contributed by atoms with van der Waals surface area (Å²) in [6.07, 6.45) is 1.38. The van der Waals surface area contributed by atoms with Crippen LogP contribution in [0.15, 0.2) is 15.8 Å². The smallest absolute Gasteiger partial charge is 0.325 e. The molecule has 100 valence electrons. The topological polar surface area (TPSA) is 96.2 Å². The van der Waals surface area contributed by atoms with Gasteiger partial charge in [0.15, 0.2) is 5.79 Å². The fourth-order valence-corrected chi connectivity index (χ4v) is 1.80. The van der Waals surface area contributed by atoms with E-state index in [1.165, 1.54) is 6.20 Å². The summed E-state index contributed by atoms with van der Waals surface area (Å²) in [4.78, 5) is 26.8. The molecule has 0 amide bonds. The van der Waals surface area contributed by atoms with E-state index >= 15 is 0 Å². The molecule has 0 spiro atoms.